The molecule has 1 heterocycles. The lowest BCUT2D eigenvalue weighted by Crippen LogP contribution is -2.33. The van der Waals surface area contributed by atoms with Crippen molar-refractivity contribution in [1.29, 1.82) is 0 Å². The van der Waals surface area contributed by atoms with Crippen LogP contribution in [0.1, 0.15) is 12.0 Å². The molecule has 0 saturated heterocycles. The number of nitrogens with two attached hydrogens (primary N) is 1. The minimum atomic E-state index is -4.40. The number of H-pyrrole nitrogens is 1. The summed E-state index contributed by atoms with van der Waals surface area (Å²) in [5.74, 6) is -2.63. The first-order valence-electron chi connectivity index (χ1n) is 4.25. The number of nitrogens with one attached hydrogen (secondary N) is 1. The molecule has 0 aliphatic heterocycles. The Kier molecular flexibility index (Phi) is 1.83. The number of aromatic amines is 1. The first-order chi connectivity index (χ1) is 6.89. The predicted octanol–water partition coefficient (Wildman–Crippen LogP) is 0.715. The standard InChI is InChI=1S/C8H8F3N3O/c9-8(10,11)5-1-7(5,6(12)15)4-2-13-14-3-4/h2-3,5H,1H2,(H2,12,15)(H,13,14). The lowest BCUT2D eigenvalue weighted by atomic mass is 9.95. The highest BCUT2D eigenvalue weighted by molar-refractivity contribution is 5.90. The van der Waals surface area contributed by atoms with Crippen LogP contribution in [0.4, 0.5) is 13.2 Å². The van der Waals surface area contributed by atoms with Gasteiger partial charge in [0.2, 0.25) is 5.91 Å². The van der Waals surface area contributed by atoms with Gasteiger partial charge in [0.1, 0.15) is 0 Å². The van der Waals surface area contributed by atoms with Gasteiger partial charge in [-0.3, -0.25) is 9.89 Å². The summed E-state index contributed by atoms with van der Waals surface area (Å²) in [6.45, 7) is 0. The highest BCUT2D eigenvalue weighted by atomic mass is 19.4. The van der Waals surface area contributed by atoms with Gasteiger partial charge in [0.15, 0.2) is 0 Å². The molecular formula is C8H8F3N3O. The van der Waals surface area contributed by atoms with Crippen LogP contribution in [-0.4, -0.2) is 22.3 Å². The second-order valence-electron chi connectivity index (χ2n) is 3.62. The highest BCUT2D eigenvalue weighted by Gasteiger charge is 2.71. The maximum Gasteiger partial charge on any atom is 0.393 e. The summed E-state index contributed by atoms with van der Waals surface area (Å²) in [5.41, 5.74) is 3.63. The molecule has 1 aliphatic rings. The number of rotatable bonds is 2. The average Bonchev–Trinajstić information content (AvgIpc) is 2.67. The maximum absolute atomic E-state index is 12.4. The molecule has 1 fully saturated rings. The van der Waals surface area contributed by atoms with Gasteiger partial charge in [-0.15, -0.1) is 0 Å². The Bertz CT molecular complexity index is 386. The molecule has 2 rings (SSSR count). The normalized spacial score (nSPS) is 30.2. The van der Waals surface area contributed by atoms with Crippen molar-refractivity contribution in [3.8, 4) is 0 Å². The Labute approximate surface area is 82.6 Å². The Morgan fingerprint density at radius 2 is 2.33 bits per heavy atom. The number of carbonyl (C=O) groups excluding carboxylic acids is 1. The monoisotopic (exact) mass is 219 g/mol. The van der Waals surface area contributed by atoms with Crippen LogP contribution in [0.25, 0.3) is 0 Å². The molecule has 0 aromatic carbocycles. The molecule has 15 heavy (non-hydrogen) atoms. The number of hydrogen-bond donors (Lipinski definition) is 2. The lowest BCUT2D eigenvalue weighted by molar-refractivity contribution is -0.156. The molecule has 1 aromatic heterocycles. The van der Waals surface area contributed by atoms with Crippen LogP contribution in [0, 0.1) is 5.92 Å². The van der Waals surface area contributed by atoms with Crippen molar-refractivity contribution in [2.24, 2.45) is 11.7 Å². The largest absolute Gasteiger partial charge is 0.393 e. The molecule has 1 saturated carbocycles. The molecule has 7 heteroatoms. The Morgan fingerprint density at radius 1 is 1.67 bits per heavy atom. The highest BCUT2D eigenvalue weighted by Crippen LogP contribution is 2.60. The second-order valence-corrected chi connectivity index (χ2v) is 3.62. The molecule has 2 atom stereocenters. The summed E-state index contributed by atoms with van der Waals surface area (Å²) in [4.78, 5) is 11.1. The van der Waals surface area contributed by atoms with E-state index < -0.39 is 23.4 Å². The molecule has 1 aromatic rings. The van der Waals surface area contributed by atoms with Crippen molar-refractivity contribution in [2.45, 2.75) is 18.0 Å². The third-order valence-electron chi connectivity index (χ3n) is 2.81. The number of primary amides is 1. The fourth-order valence-electron chi connectivity index (χ4n) is 1.89. The maximum atomic E-state index is 12.4. The zero-order valence-electron chi connectivity index (χ0n) is 7.51. The van der Waals surface area contributed by atoms with Crippen LogP contribution in [0.2, 0.25) is 0 Å². The van der Waals surface area contributed by atoms with E-state index in [0.29, 0.717) is 0 Å². The van der Waals surface area contributed by atoms with E-state index in [1.54, 1.807) is 0 Å². The molecule has 0 spiro atoms. The van der Waals surface area contributed by atoms with E-state index in [4.69, 9.17) is 5.73 Å². The van der Waals surface area contributed by atoms with Gasteiger partial charge in [-0.25, -0.2) is 0 Å². The molecule has 2 unspecified atom stereocenters. The Hall–Kier alpha value is -1.53. The molecule has 4 nitrogen and oxygen atoms in total. The second kappa shape index (κ2) is 2.74. The summed E-state index contributed by atoms with van der Waals surface area (Å²) in [6.07, 6.45) is -2.20. The van der Waals surface area contributed by atoms with Gasteiger partial charge in [-0.1, -0.05) is 0 Å². The van der Waals surface area contributed by atoms with Crippen LogP contribution in [0.3, 0.4) is 0 Å². The minimum absolute atomic E-state index is 0.206. The van der Waals surface area contributed by atoms with Gasteiger partial charge < -0.3 is 5.73 Å². The molecular weight excluding hydrogens is 211 g/mol. The van der Waals surface area contributed by atoms with Gasteiger partial charge in [0.25, 0.3) is 0 Å². The fraction of sp³-hybridized carbons (Fsp3) is 0.500. The molecule has 82 valence electrons. The molecule has 1 aliphatic carbocycles. The van der Waals surface area contributed by atoms with Gasteiger partial charge in [0, 0.05) is 11.8 Å². The predicted molar refractivity (Wildman–Crippen MR) is 43.6 cm³/mol. The number of amides is 1. The van der Waals surface area contributed by atoms with Crippen LogP contribution in [0.5, 0.6) is 0 Å². The first-order valence-corrected chi connectivity index (χ1v) is 4.25. The smallest absolute Gasteiger partial charge is 0.369 e. The zero-order valence-corrected chi connectivity index (χ0v) is 7.51. The zero-order chi connectivity index (χ0) is 11.3. The number of carbonyl (C=O) groups is 1. The third kappa shape index (κ3) is 1.30. The molecule has 1 amide bonds. The molecule has 0 radical (unpaired) electrons. The van der Waals surface area contributed by atoms with Gasteiger partial charge in [0.05, 0.1) is 17.5 Å². The lowest BCUT2D eigenvalue weighted by Gasteiger charge is -2.13. The van der Waals surface area contributed by atoms with Crippen molar-refractivity contribution < 1.29 is 18.0 Å². The van der Waals surface area contributed by atoms with E-state index >= 15 is 0 Å². The summed E-state index contributed by atoms with van der Waals surface area (Å²) in [7, 11) is 0. The Morgan fingerprint density at radius 3 is 2.67 bits per heavy atom. The summed E-state index contributed by atoms with van der Waals surface area (Å²) < 4.78 is 37.3. The minimum Gasteiger partial charge on any atom is -0.369 e. The van der Waals surface area contributed by atoms with E-state index in [1.807, 2.05) is 0 Å². The van der Waals surface area contributed by atoms with E-state index in [0.717, 1.165) is 0 Å². The van der Waals surface area contributed by atoms with Crippen LogP contribution >= 0.6 is 0 Å². The average molecular weight is 219 g/mol. The fourth-order valence-corrected chi connectivity index (χ4v) is 1.89. The SMILES string of the molecule is NC(=O)C1(c2cn[nH]c2)CC1C(F)(F)F. The summed E-state index contributed by atoms with van der Waals surface area (Å²) >= 11 is 0. The molecule has 3 N–H and O–H groups in total. The van der Waals surface area contributed by atoms with Crippen LogP contribution in [0.15, 0.2) is 12.4 Å². The Balaban J connectivity index is 2.36. The number of alkyl halides is 3. The topological polar surface area (TPSA) is 71.8 Å². The third-order valence-corrected chi connectivity index (χ3v) is 2.81. The van der Waals surface area contributed by atoms with Crippen molar-refractivity contribution in [2.75, 3.05) is 0 Å². The van der Waals surface area contributed by atoms with Gasteiger partial charge in [-0.05, 0) is 6.42 Å². The number of halogens is 3. The van der Waals surface area contributed by atoms with E-state index in [1.165, 1.54) is 12.4 Å². The van der Waals surface area contributed by atoms with Crippen molar-refractivity contribution in [1.82, 2.24) is 10.2 Å². The summed E-state index contributed by atoms with van der Waals surface area (Å²) in [6, 6.07) is 0. The number of nitrogens with zero attached hydrogens (tertiary/aromatic N) is 1. The van der Waals surface area contributed by atoms with E-state index in [2.05, 4.69) is 10.2 Å². The van der Waals surface area contributed by atoms with Crippen LogP contribution in [-0.2, 0) is 10.2 Å². The number of hydrogen-bond acceptors (Lipinski definition) is 2. The van der Waals surface area contributed by atoms with Crippen molar-refractivity contribution >= 4 is 5.91 Å². The van der Waals surface area contributed by atoms with Gasteiger partial charge >= 0.3 is 6.18 Å². The van der Waals surface area contributed by atoms with E-state index in [-0.39, 0.29) is 12.0 Å². The summed E-state index contributed by atoms with van der Waals surface area (Å²) in [5, 5.41) is 5.90. The van der Waals surface area contributed by atoms with Crippen molar-refractivity contribution in [3.63, 3.8) is 0 Å². The number of aromatic nitrogens is 2. The first kappa shape index (κ1) is 10.0. The van der Waals surface area contributed by atoms with Crippen LogP contribution < -0.4 is 5.73 Å². The quantitative estimate of drug-likeness (QED) is 0.769. The van der Waals surface area contributed by atoms with E-state index in [9.17, 15) is 18.0 Å². The van der Waals surface area contributed by atoms with Crippen molar-refractivity contribution in [3.05, 3.63) is 18.0 Å². The van der Waals surface area contributed by atoms with Gasteiger partial charge in [-0.2, -0.15) is 18.3 Å². The molecule has 0 bridgehead atoms.